The fourth-order valence-corrected chi connectivity index (χ4v) is 2.68. The van der Waals surface area contributed by atoms with Crippen molar-refractivity contribution < 1.29 is 33.6 Å². The standard InChI is InChI=1S/C13H18N6O.C2HF3O2/c1-8(20)16-11-7-13(17-10-3-2-9(14)6-10)19-12(18-11)4-5-15-19;3-2(4,5)1(6)7/h4-5,7,9-10,17H,2-3,6,14H2,1H3,(H,16,18,20);(H,6,7)/t9-,10-;/m1./s1. The van der Waals surface area contributed by atoms with E-state index in [0.29, 0.717) is 23.5 Å². The molecule has 0 spiro atoms. The molecule has 0 saturated heterocycles. The van der Waals surface area contributed by atoms with Crippen molar-refractivity contribution >= 4 is 29.2 Å². The molecule has 1 aliphatic rings. The van der Waals surface area contributed by atoms with E-state index in [2.05, 4.69) is 26.4 Å². The minimum Gasteiger partial charge on any atom is -0.542 e. The molecule has 27 heavy (non-hydrogen) atoms. The molecule has 2 aromatic rings. The fourth-order valence-electron chi connectivity index (χ4n) is 2.68. The number of amides is 1. The number of fused-ring (bicyclic) bond motifs is 1. The van der Waals surface area contributed by atoms with E-state index in [0.717, 1.165) is 25.1 Å². The van der Waals surface area contributed by atoms with Crippen LogP contribution in [0, 0.1) is 0 Å². The number of anilines is 2. The van der Waals surface area contributed by atoms with Crippen molar-refractivity contribution in [3.8, 4) is 0 Å². The Morgan fingerprint density at radius 3 is 2.56 bits per heavy atom. The zero-order chi connectivity index (χ0) is 20.2. The lowest BCUT2D eigenvalue weighted by atomic mass is 10.2. The molecule has 2 atom stereocenters. The quantitative estimate of drug-likeness (QED) is 0.652. The second-order valence-corrected chi connectivity index (χ2v) is 6.11. The van der Waals surface area contributed by atoms with Crippen LogP contribution >= 0.6 is 0 Å². The van der Waals surface area contributed by atoms with Gasteiger partial charge in [0.25, 0.3) is 0 Å². The molecule has 2 heterocycles. The zero-order valence-electron chi connectivity index (χ0n) is 14.4. The Balaban J connectivity index is 0.000000321. The highest BCUT2D eigenvalue weighted by Crippen LogP contribution is 2.23. The first-order valence-electron chi connectivity index (χ1n) is 8.06. The van der Waals surface area contributed by atoms with E-state index in [9.17, 15) is 18.0 Å². The van der Waals surface area contributed by atoms with Gasteiger partial charge in [0.1, 0.15) is 17.6 Å². The van der Waals surface area contributed by atoms with Crippen molar-refractivity contribution in [1.82, 2.24) is 14.6 Å². The van der Waals surface area contributed by atoms with Crippen LogP contribution in [0.3, 0.4) is 0 Å². The van der Waals surface area contributed by atoms with Crippen molar-refractivity contribution in [3.63, 3.8) is 0 Å². The molecule has 0 aliphatic heterocycles. The van der Waals surface area contributed by atoms with Crippen molar-refractivity contribution in [3.05, 3.63) is 18.3 Å². The van der Waals surface area contributed by atoms with Crippen LogP contribution in [-0.4, -0.2) is 44.7 Å². The normalized spacial score (nSPS) is 19.3. The summed E-state index contributed by atoms with van der Waals surface area (Å²) >= 11 is 0. The molecule has 1 amide bonds. The third-order valence-electron chi connectivity index (χ3n) is 3.79. The number of carboxylic acid groups (broad SMARTS) is 1. The average Bonchev–Trinajstić information content (AvgIpc) is 3.15. The average molecular weight is 388 g/mol. The molecule has 0 aromatic carbocycles. The summed E-state index contributed by atoms with van der Waals surface area (Å²) < 4.78 is 33.3. The molecule has 0 radical (unpaired) electrons. The predicted molar refractivity (Wildman–Crippen MR) is 86.3 cm³/mol. The van der Waals surface area contributed by atoms with E-state index in [4.69, 9.17) is 9.90 Å². The first kappa shape index (κ1) is 20.4. The predicted octanol–water partition coefficient (Wildman–Crippen LogP) is -0.439. The van der Waals surface area contributed by atoms with Crippen molar-refractivity contribution in [2.75, 3.05) is 10.6 Å². The molecule has 0 unspecified atom stereocenters. The molecule has 12 heteroatoms. The summed E-state index contributed by atoms with van der Waals surface area (Å²) in [5.41, 5.74) is 4.82. The highest BCUT2D eigenvalue weighted by atomic mass is 19.4. The number of rotatable bonds is 3. The lowest BCUT2D eigenvalue weighted by Gasteiger charge is -2.15. The third kappa shape index (κ3) is 5.81. The van der Waals surface area contributed by atoms with E-state index >= 15 is 0 Å². The van der Waals surface area contributed by atoms with Gasteiger partial charge >= 0.3 is 6.18 Å². The Bertz CT molecular complexity index is 823. The van der Waals surface area contributed by atoms with Gasteiger partial charge in [-0.3, -0.25) is 4.79 Å². The molecule has 1 fully saturated rings. The second-order valence-electron chi connectivity index (χ2n) is 6.11. The minimum atomic E-state index is -5.19. The van der Waals surface area contributed by atoms with Crippen LogP contribution in [0.4, 0.5) is 24.8 Å². The smallest absolute Gasteiger partial charge is 0.430 e. The summed E-state index contributed by atoms with van der Waals surface area (Å²) in [6.45, 7) is 1.47. The number of hydrogen-bond donors (Lipinski definition) is 3. The molecule has 5 N–H and O–H groups in total. The van der Waals surface area contributed by atoms with E-state index in [1.807, 2.05) is 12.1 Å². The van der Waals surface area contributed by atoms with Gasteiger partial charge in [0.2, 0.25) is 5.91 Å². The van der Waals surface area contributed by atoms with Crippen molar-refractivity contribution in [2.24, 2.45) is 0 Å². The fraction of sp³-hybridized carbons (Fsp3) is 0.467. The number of hydrogen-bond acceptors (Lipinski definition) is 6. The van der Waals surface area contributed by atoms with Gasteiger partial charge in [-0.25, -0.2) is 4.98 Å². The van der Waals surface area contributed by atoms with E-state index < -0.39 is 12.1 Å². The molecule has 1 saturated carbocycles. The van der Waals surface area contributed by atoms with Gasteiger partial charge in [-0.15, -0.1) is 0 Å². The summed E-state index contributed by atoms with van der Waals surface area (Å²) in [4.78, 5) is 24.3. The largest absolute Gasteiger partial charge is 0.542 e. The van der Waals surface area contributed by atoms with Crippen LogP contribution in [0.5, 0.6) is 0 Å². The van der Waals surface area contributed by atoms with Crippen LogP contribution in [0.1, 0.15) is 26.2 Å². The Hall–Kier alpha value is -2.89. The first-order valence-corrected chi connectivity index (χ1v) is 8.06. The van der Waals surface area contributed by atoms with Crippen molar-refractivity contribution in [1.29, 1.82) is 0 Å². The zero-order valence-corrected chi connectivity index (χ0v) is 14.4. The van der Waals surface area contributed by atoms with Gasteiger partial charge in [0, 0.05) is 37.9 Å². The SMILES string of the molecule is CC(=O)Nc1cc(N[C@@H]2CC[C@@H]([NH3+])C2)n2nccc2n1.O=C([O-])C(F)(F)F. The number of quaternary nitrogens is 1. The maximum atomic E-state index is 11.2. The molecule has 1 aliphatic carbocycles. The van der Waals surface area contributed by atoms with E-state index in [1.165, 1.54) is 6.92 Å². The molecule has 3 rings (SSSR count). The Kier molecular flexibility index (Phi) is 6.20. The number of carboxylic acids is 1. The number of aromatic nitrogens is 3. The van der Waals surface area contributed by atoms with E-state index in [1.54, 1.807) is 10.7 Å². The number of nitrogens with one attached hydrogen (secondary N) is 2. The summed E-state index contributed by atoms with van der Waals surface area (Å²) in [7, 11) is 0. The number of halogens is 3. The van der Waals surface area contributed by atoms with Crippen LogP contribution < -0.4 is 21.5 Å². The molecular weight excluding hydrogens is 369 g/mol. The summed E-state index contributed by atoms with van der Waals surface area (Å²) in [6, 6.07) is 4.54. The molecular formula is C15H19F3N6O3. The Morgan fingerprint density at radius 1 is 1.37 bits per heavy atom. The van der Waals surface area contributed by atoms with Gasteiger partial charge in [0.15, 0.2) is 5.65 Å². The number of alkyl halides is 3. The van der Waals surface area contributed by atoms with Gasteiger partial charge in [-0.05, 0) is 6.42 Å². The van der Waals surface area contributed by atoms with Gasteiger partial charge in [0.05, 0.1) is 12.2 Å². The minimum absolute atomic E-state index is 0.133. The van der Waals surface area contributed by atoms with Crippen molar-refractivity contribution in [2.45, 2.75) is 44.4 Å². The highest BCUT2D eigenvalue weighted by Gasteiger charge is 2.28. The van der Waals surface area contributed by atoms with Crippen LogP contribution in [0.25, 0.3) is 5.65 Å². The molecule has 148 valence electrons. The second kappa shape index (κ2) is 8.20. The number of aliphatic carboxylic acids is 1. The maximum absolute atomic E-state index is 11.2. The number of nitrogens with zero attached hydrogens (tertiary/aromatic N) is 3. The third-order valence-corrected chi connectivity index (χ3v) is 3.79. The van der Waals surface area contributed by atoms with Gasteiger partial charge in [-0.1, -0.05) is 0 Å². The maximum Gasteiger partial charge on any atom is 0.430 e. The molecule has 9 nitrogen and oxygen atoms in total. The van der Waals surface area contributed by atoms with Crippen LogP contribution in [0.2, 0.25) is 0 Å². The lowest BCUT2D eigenvalue weighted by Crippen LogP contribution is -2.59. The highest BCUT2D eigenvalue weighted by molar-refractivity contribution is 5.88. The first-order chi connectivity index (χ1) is 12.6. The van der Waals surface area contributed by atoms with Gasteiger partial charge < -0.3 is 26.3 Å². The van der Waals surface area contributed by atoms with E-state index in [-0.39, 0.29) is 5.91 Å². The Labute approximate surface area is 151 Å². The Morgan fingerprint density at radius 2 is 2.04 bits per heavy atom. The summed E-state index contributed by atoms with van der Waals surface area (Å²) in [6.07, 6.45) is -0.192. The summed E-state index contributed by atoms with van der Waals surface area (Å²) in [5, 5.41) is 19.2. The van der Waals surface area contributed by atoms with Crippen LogP contribution in [-0.2, 0) is 9.59 Å². The number of carbonyl (C=O) groups excluding carboxylic acids is 2. The lowest BCUT2D eigenvalue weighted by molar-refractivity contribution is -0.417. The number of carbonyl (C=O) groups is 2. The molecule has 2 aromatic heterocycles. The monoisotopic (exact) mass is 388 g/mol. The topological polar surface area (TPSA) is 139 Å². The van der Waals surface area contributed by atoms with Crippen LogP contribution in [0.15, 0.2) is 18.3 Å². The summed E-state index contributed by atoms with van der Waals surface area (Å²) in [5.74, 6) is -1.75. The van der Waals surface area contributed by atoms with Gasteiger partial charge in [-0.2, -0.15) is 22.8 Å². The molecule has 0 bridgehead atoms.